The van der Waals surface area contributed by atoms with Gasteiger partial charge in [0.25, 0.3) is 0 Å². The molecule has 0 radical (unpaired) electrons. The quantitative estimate of drug-likeness (QED) is 0.888. The van der Waals surface area contributed by atoms with Gasteiger partial charge in [-0.15, -0.1) is 0 Å². The van der Waals surface area contributed by atoms with Gasteiger partial charge in [-0.2, -0.15) is 5.10 Å². The molecule has 1 fully saturated rings. The molecule has 2 heterocycles. The number of aryl methyl sites for hydroxylation is 2. The standard InChI is InChI=1S/C16H23ClN4/c1-4-18-15(12-5-6-12)13-7-8-21(9-13)10-14-11(2)19-20(3)16(14)17/h7-9,12,15,18H,4-6,10H2,1-3H3. The Hall–Kier alpha value is -1.26. The summed E-state index contributed by atoms with van der Waals surface area (Å²) in [6.07, 6.45) is 7.08. The van der Waals surface area contributed by atoms with Crippen molar-refractivity contribution in [1.82, 2.24) is 19.7 Å². The number of nitrogens with one attached hydrogen (secondary N) is 1. The predicted molar refractivity (Wildman–Crippen MR) is 85.6 cm³/mol. The second-order valence-electron chi connectivity index (χ2n) is 5.97. The molecule has 1 saturated carbocycles. The Morgan fingerprint density at radius 1 is 1.48 bits per heavy atom. The van der Waals surface area contributed by atoms with E-state index in [1.54, 1.807) is 4.68 Å². The maximum Gasteiger partial charge on any atom is 0.131 e. The summed E-state index contributed by atoms with van der Waals surface area (Å²) >= 11 is 6.32. The van der Waals surface area contributed by atoms with E-state index in [2.05, 4.69) is 40.4 Å². The number of nitrogens with zero attached hydrogens (tertiary/aromatic N) is 3. The smallest absolute Gasteiger partial charge is 0.131 e. The molecule has 5 heteroatoms. The fourth-order valence-corrected chi connectivity index (χ4v) is 3.22. The SMILES string of the molecule is CCNC(c1ccn(Cc2c(C)nn(C)c2Cl)c1)C1CC1. The van der Waals surface area contributed by atoms with E-state index in [1.165, 1.54) is 18.4 Å². The molecule has 0 amide bonds. The van der Waals surface area contributed by atoms with E-state index < -0.39 is 0 Å². The van der Waals surface area contributed by atoms with Crippen molar-refractivity contribution in [2.45, 2.75) is 39.3 Å². The lowest BCUT2D eigenvalue weighted by Gasteiger charge is -2.15. The van der Waals surface area contributed by atoms with E-state index in [0.29, 0.717) is 6.04 Å². The molecular formula is C16H23ClN4. The van der Waals surface area contributed by atoms with Gasteiger partial charge >= 0.3 is 0 Å². The molecule has 1 atom stereocenters. The zero-order valence-electron chi connectivity index (χ0n) is 12.9. The van der Waals surface area contributed by atoms with Crippen LogP contribution in [-0.4, -0.2) is 20.9 Å². The maximum absolute atomic E-state index is 6.32. The van der Waals surface area contributed by atoms with Crippen LogP contribution in [0.25, 0.3) is 0 Å². The van der Waals surface area contributed by atoms with E-state index in [9.17, 15) is 0 Å². The van der Waals surface area contributed by atoms with E-state index in [0.717, 1.165) is 35.4 Å². The van der Waals surface area contributed by atoms with Crippen LogP contribution in [-0.2, 0) is 13.6 Å². The average molecular weight is 307 g/mol. The molecule has 0 spiro atoms. The van der Waals surface area contributed by atoms with Crippen molar-refractivity contribution in [2.75, 3.05) is 6.54 Å². The van der Waals surface area contributed by atoms with Gasteiger partial charge in [0.1, 0.15) is 5.15 Å². The van der Waals surface area contributed by atoms with Gasteiger partial charge in [0, 0.05) is 31.0 Å². The molecule has 114 valence electrons. The Labute approximate surface area is 131 Å². The van der Waals surface area contributed by atoms with E-state index in [1.807, 2.05) is 14.0 Å². The van der Waals surface area contributed by atoms with Crippen LogP contribution in [0, 0.1) is 12.8 Å². The second kappa shape index (κ2) is 5.85. The number of aromatic nitrogens is 3. The van der Waals surface area contributed by atoms with Crippen molar-refractivity contribution in [3.05, 3.63) is 40.4 Å². The maximum atomic E-state index is 6.32. The zero-order valence-corrected chi connectivity index (χ0v) is 13.7. The molecule has 1 unspecified atom stereocenters. The largest absolute Gasteiger partial charge is 0.349 e. The molecule has 1 N–H and O–H groups in total. The highest BCUT2D eigenvalue weighted by atomic mass is 35.5. The third-order valence-corrected chi connectivity index (χ3v) is 4.73. The minimum atomic E-state index is 0.502. The predicted octanol–water partition coefficient (Wildman–Crippen LogP) is 3.29. The molecule has 1 aliphatic rings. The highest BCUT2D eigenvalue weighted by Gasteiger charge is 2.32. The third-order valence-electron chi connectivity index (χ3n) is 4.26. The first-order chi connectivity index (χ1) is 10.1. The topological polar surface area (TPSA) is 34.8 Å². The molecule has 0 aliphatic heterocycles. The normalized spacial score (nSPS) is 16.4. The van der Waals surface area contributed by atoms with Crippen molar-refractivity contribution in [3.63, 3.8) is 0 Å². The summed E-state index contributed by atoms with van der Waals surface area (Å²) in [5, 5.41) is 8.71. The molecule has 21 heavy (non-hydrogen) atoms. The van der Waals surface area contributed by atoms with Gasteiger partial charge in [-0.1, -0.05) is 18.5 Å². The Bertz CT molecular complexity index is 624. The minimum absolute atomic E-state index is 0.502. The van der Waals surface area contributed by atoms with Crippen molar-refractivity contribution in [2.24, 2.45) is 13.0 Å². The average Bonchev–Trinajstić information content (AvgIpc) is 3.14. The van der Waals surface area contributed by atoms with E-state index in [4.69, 9.17) is 11.6 Å². The summed E-state index contributed by atoms with van der Waals surface area (Å²) in [4.78, 5) is 0. The lowest BCUT2D eigenvalue weighted by Crippen LogP contribution is -2.22. The number of rotatable bonds is 6. The van der Waals surface area contributed by atoms with Crippen LogP contribution in [0.1, 0.15) is 42.6 Å². The Morgan fingerprint density at radius 2 is 2.24 bits per heavy atom. The monoisotopic (exact) mass is 306 g/mol. The molecule has 2 aromatic heterocycles. The van der Waals surface area contributed by atoms with Gasteiger partial charge < -0.3 is 9.88 Å². The third kappa shape index (κ3) is 3.01. The van der Waals surface area contributed by atoms with Crippen LogP contribution in [0.5, 0.6) is 0 Å². The second-order valence-corrected chi connectivity index (χ2v) is 6.33. The lowest BCUT2D eigenvalue weighted by atomic mass is 10.1. The summed E-state index contributed by atoms with van der Waals surface area (Å²) in [5.74, 6) is 0.810. The summed E-state index contributed by atoms with van der Waals surface area (Å²) in [5.41, 5.74) is 3.49. The van der Waals surface area contributed by atoms with Crippen LogP contribution in [0.4, 0.5) is 0 Å². The Kier molecular flexibility index (Phi) is 4.09. The summed E-state index contributed by atoms with van der Waals surface area (Å²) in [6, 6.07) is 2.73. The summed E-state index contributed by atoms with van der Waals surface area (Å²) in [7, 11) is 1.88. The van der Waals surface area contributed by atoms with Gasteiger partial charge in [-0.25, -0.2) is 0 Å². The molecule has 2 aromatic rings. The highest BCUT2D eigenvalue weighted by Crippen LogP contribution is 2.41. The molecule has 0 bridgehead atoms. The first kappa shape index (κ1) is 14.7. The zero-order chi connectivity index (χ0) is 15.0. The fourth-order valence-electron chi connectivity index (χ4n) is 2.98. The fraction of sp³-hybridized carbons (Fsp3) is 0.562. The first-order valence-electron chi connectivity index (χ1n) is 7.67. The number of halogens is 1. The van der Waals surface area contributed by atoms with Crippen LogP contribution >= 0.6 is 11.6 Å². The summed E-state index contributed by atoms with van der Waals surface area (Å²) < 4.78 is 3.94. The van der Waals surface area contributed by atoms with Gasteiger partial charge in [-0.05, 0) is 43.9 Å². The van der Waals surface area contributed by atoms with E-state index in [-0.39, 0.29) is 0 Å². The van der Waals surface area contributed by atoms with Crippen LogP contribution in [0.2, 0.25) is 5.15 Å². The molecule has 0 aromatic carbocycles. The van der Waals surface area contributed by atoms with Crippen molar-refractivity contribution in [3.8, 4) is 0 Å². The number of hydrogen-bond acceptors (Lipinski definition) is 2. The summed E-state index contributed by atoms with van der Waals surface area (Å²) in [6.45, 7) is 5.98. The van der Waals surface area contributed by atoms with Crippen molar-refractivity contribution >= 4 is 11.6 Å². The lowest BCUT2D eigenvalue weighted by molar-refractivity contribution is 0.495. The van der Waals surface area contributed by atoms with Crippen LogP contribution in [0.3, 0.4) is 0 Å². The van der Waals surface area contributed by atoms with Gasteiger partial charge in [-0.3, -0.25) is 4.68 Å². The first-order valence-corrected chi connectivity index (χ1v) is 8.05. The molecular weight excluding hydrogens is 284 g/mol. The van der Waals surface area contributed by atoms with Crippen LogP contribution in [0.15, 0.2) is 18.5 Å². The van der Waals surface area contributed by atoms with Crippen molar-refractivity contribution < 1.29 is 0 Å². The van der Waals surface area contributed by atoms with Crippen LogP contribution < -0.4 is 5.32 Å². The van der Waals surface area contributed by atoms with Gasteiger partial charge in [0.15, 0.2) is 0 Å². The van der Waals surface area contributed by atoms with Gasteiger partial charge in [0.05, 0.1) is 12.2 Å². The van der Waals surface area contributed by atoms with Crippen molar-refractivity contribution in [1.29, 1.82) is 0 Å². The minimum Gasteiger partial charge on any atom is -0.349 e. The Morgan fingerprint density at radius 3 is 2.81 bits per heavy atom. The molecule has 1 aliphatic carbocycles. The molecule has 3 rings (SSSR count). The molecule has 4 nitrogen and oxygen atoms in total. The van der Waals surface area contributed by atoms with Gasteiger partial charge in [0.2, 0.25) is 0 Å². The Balaban J connectivity index is 1.78. The highest BCUT2D eigenvalue weighted by molar-refractivity contribution is 6.30. The van der Waals surface area contributed by atoms with E-state index >= 15 is 0 Å². The molecule has 0 saturated heterocycles. The number of hydrogen-bond donors (Lipinski definition) is 1.